The maximum atomic E-state index is 9.02. The van der Waals surface area contributed by atoms with Crippen LogP contribution >= 0.6 is 11.6 Å². The van der Waals surface area contributed by atoms with Gasteiger partial charge in [-0.1, -0.05) is 0 Å². The zero-order chi connectivity index (χ0) is 13.0. The molecule has 0 unspecified atom stereocenters. The van der Waals surface area contributed by atoms with E-state index in [1.807, 2.05) is 13.0 Å². The van der Waals surface area contributed by atoms with Gasteiger partial charge in [0.2, 0.25) is 5.28 Å². The fourth-order valence-electron chi connectivity index (χ4n) is 1.73. The molecule has 1 saturated heterocycles. The lowest BCUT2D eigenvalue weighted by Gasteiger charge is -2.28. The van der Waals surface area contributed by atoms with Crippen molar-refractivity contribution >= 4 is 23.2 Å². The molecule has 0 aliphatic carbocycles. The Hall–Kier alpha value is -1.11. The number of ether oxygens (including phenoxy) is 1. The Balaban J connectivity index is 2.14. The second-order valence-electron chi connectivity index (χ2n) is 4.21. The Morgan fingerprint density at radius 1 is 1.50 bits per heavy atom. The third kappa shape index (κ3) is 3.44. The number of aliphatic hydroxyl groups is 1. The van der Waals surface area contributed by atoms with Crippen LogP contribution in [-0.4, -0.2) is 54.0 Å². The highest BCUT2D eigenvalue weighted by molar-refractivity contribution is 6.28. The minimum Gasteiger partial charge on any atom is -0.394 e. The molecular weight excluding hydrogens is 256 g/mol. The summed E-state index contributed by atoms with van der Waals surface area (Å²) in [5, 5.41) is 12.3. The van der Waals surface area contributed by atoms with Gasteiger partial charge >= 0.3 is 0 Å². The third-order valence-electron chi connectivity index (χ3n) is 2.69. The van der Waals surface area contributed by atoms with E-state index in [4.69, 9.17) is 21.4 Å². The fraction of sp³-hybridized carbons (Fsp3) is 0.636. The zero-order valence-electron chi connectivity index (χ0n) is 10.3. The first kappa shape index (κ1) is 13.3. The van der Waals surface area contributed by atoms with Crippen molar-refractivity contribution < 1.29 is 9.84 Å². The zero-order valence-corrected chi connectivity index (χ0v) is 11.0. The summed E-state index contributed by atoms with van der Waals surface area (Å²) in [5.74, 6) is 1.41. The van der Waals surface area contributed by atoms with Crippen molar-refractivity contribution in [2.45, 2.75) is 13.0 Å². The molecule has 7 heteroatoms. The maximum absolute atomic E-state index is 9.02. The molecule has 2 rings (SSSR count). The van der Waals surface area contributed by atoms with Crippen molar-refractivity contribution in [3.05, 3.63) is 11.3 Å². The van der Waals surface area contributed by atoms with Gasteiger partial charge in [0.15, 0.2) is 0 Å². The summed E-state index contributed by atoms with van der Waals surface area (Å²) in [5.41, 5.74) is 0. The Kier molecular flexibility index (Phi) is 4.57. The Morgan fingerprint density at radius 2 is 2.22 bits per heavy atom. The molecule has 0 saturated carbocycles. The molecule has 1 aliphatic rings. The van der Waals surface area contributed by atoms with Gasteiger partial charge in [-0.05, 0) is 18.5 Å². The van der Waals surface area contributed by atoms with E-state index in [9.17, 15) is 0 Å². The van der Waals surface area contributed by atoms with Gasteiger partial charge in [-0.25, -0.2) is 9.97 Å². The quantitative estimate of drug-likeness (QED) is 0.789. The predicted octanol–water partition coefficient (Wildman–Crippen LogP) is 0.759. The number of hydrogen-bond donors (Lipinski definition) is 2. The largest absolute Gasteiger partial charge is 0.394 e. The van der Waals surface area contributed by atoms with Crippen molar-refractivity contribution in [1.29, 1.82) is 0 Å². The first-order valence-electron chi connectivity index (χ1n) is 5.93. The van der Waals surface area contributed by atoms with Gasteiger partial charge < -0.3 is 20.1 Å². The molecule has 2 heterocycles. The van der Waals surface area contributed by atoms with Crippen LogP contribution in [0.1, 0.15) is 6.92 Å². The third-order valence-corrected chi connectivity index (χ3v) is 2.86. The summed E-state index contributed by atoms with van der Waals surface area (Å²) in [6, 6.07) is 1.76. The molecule has 1 aromatic heterocycles. The Morgan fingerprint density at radius 3 is 2.89 bits per heavy atom. The van der Waals surface area contributed by atoms with Gasteiger partial charge in [0.25, 0.3) is 0 Å². The number of aromatic nitrogens is 2. The molecule has 1 aliphatic heterocycles. The van der Waals surface area contributed by atoms with Crippen molar-refractivity contribution in [1.82, 2.24) is 9.97 Å². The normalized spacial score (nSPS) is 17.6. The molecule has 0 aromatic carbocycles. The monoisotopic (exact) mass is 272 g/mol. The van der Waals surface area contributed by atoms with Crippen LogP contribution in [0.15, 0.2) is 6.07 Å². The molecule has 2 N–H and O–H groups in total. The van der Waals surface area contributed by atoms with Gasteiger partial charge in [0, 0.05) is 25.2 Å². The summed E-state index contributed by atoms with van der Waals surface area (Å²) in [4.78, 5) is 10.4. The highest BCUT2D eigenvalue weighted by Gasteiger charge is 2.15. The first-order chi connectivity index (χ1) is 8.69. The number of anilines is 2. The number of aliphatic hydroxyl groups excluding tert-OH is 1. The van der Waals surface area contributed by atoms with Crippen LogP contribution in [0.5, 0.6) is 0 Å². The van der Waals surface area contributed by atoms with Gasteiger partial charge in [0.05, 0.1) is 19.8 Å². The van der Waals surface area contributed by atoms with Crippen LogP contribution in [0.25, 0.3) is 0 Å². The first-order valence-corrected chi connectivity index (χ1v) is 6.31. The fourth-order valence-corrected chi connectivity index (χ4v) is 1.91. The lowest BCUT2D eigenvalue weighted by molar-refractivity contribution is 0.122. The van der Waals surface area contributed by atoms with Gasteiger partial charge in [-0.2, -0.15) is 0 Å². The van der Waals surface area contributed by atoms with E-state index in [-0.39, 0.29) is 17.9 Å². The van der Waals surface area contributed by atoms with E-state index in [1.54, 1.807) is 0 Å². The standard InChI is InChI=1S/C11H17ClN4O2/c1-8(7-17)13-9-6-10(15-11(12)14-9)16-2-4-18-5-3-16/h6,8,17H,2-5,7H2,1H3,(H,13,14,15)/t8-/m1/s1. The van der Waals surface area contributed by atoms with E-state index in [1.165, 1.54) is 0 Å². The maximum Gasteiger partial charge on any atom is 0.226 e. The van der Waals surface area contributed by atoms with Crippen LogP contribution in [0.4, 0.5) is 11.6 Å². The summed E-state index contributed by atoms with van der Waals surface area (Å²) in [7, 11) is 0. The van der Waals surface area contributed by atoms with E-state index in [0.29, 0.717) is 19.0 Å². The molecule has 18 heavy (non-hydrogen) atoms. The molecule has 0 spiro atoms. The molecule has 1 aromatic rings. The molecular formula is C11H17ClN4O2. The Bertz CT molecular complexity index is 399. The number of rotatable bonds is 4. The van der Waals surface area contributed by atoms with E-state index < -0.39 is 0 Å². The van der Waals surface area contributed by atoms with Crippen LogP contribution in [0.2, 0.25) is 5.28 Å². The summed E-state index contributed by atoms with van der Waals surface area (Å²) in [6.07, 6.45) is 0. The topological polar surface area (TPSA) is 70.5 Å². The van der Waals surface area contributed by atoms with E-state index in [0.717, 1.165) is 18.9 Å². The number of nitrogens with zero attached hydrogens (tertiary/aromatic N) is 3. The molecule has 100 valence electrons. The molecule has 1 atom stereocenters. The smallest absolute Gasteiger partial charge is 0.226 e. The second-order valence-corrected chi connectivity index (χ2v) is 4.55. The molecule has 0 radical (unpaired) electrons. The van der Waals surface area contributed by atoms with E-state index >= 15 is 0 Å². The number of nitrogens with one attached hydrogen (secondary N) is 1. The highest BCUT2D eigenvalue weighted by Crippen LogP contribution is 2.19. The van der Waals surface area contributed by atoms with Crippen molar-refractivity contribution in [3.8, 4) is 0 Å². The highest BCUT2D eigenvalue weighted by atomic mass is 35.5. The van der Waals surface area contributed by atoms with Crippen molar-refractivity contribution in [3.63, 3.8) is 0 Å². The SMILES string of the molecule is C[C@H](CO)Nc1cc(N2CCOCC2)nc(Cl)n1. The molecule has 1 fully saturated rings. The minimum atomic E-state index is -0.0755. The van der Waals surface area contributed by atoms with Crippen LogP contribution in [0.3, 0.4) is 0 Å². The van der Waals surface area contributed by atoms with Gasteiger partial charge in [0.1, 0.15) is 11.6 Å². The van der Waals surface area contributed by atoms with Crippen LogP contribution in [0, 0.1) is 0 Å². The molecule has 0 amide bonds. The number of halogens is 1. The lowest BCUT2D eigenvalue weighted by Crippen LogP contribution is -2.37. The molecule has 0 bridgehead atoms. The predicted molar refractivity (Wildman–Crippen MR) is 70.2 cm³/mol. The van der Waals surface area contributed by atoms with Crippen molar-refractivity contribution in [2.24, 2.45) is 0 Å². The van der Waals surface area contributed by atoms with Crippen molar-refractivity contribution in [2.75, 3.05) is 43.1 Å². The average molecular weight is 273 g/mol. The average Bonchev–Trinajstić information content (AvgIpc) is 2.39. The van der Waals surface area contributed by atoms with E-state index in [2.05, 4.69) is 20.2 Å². The van der Waals surface area contributed by atoms with Gasteiger partial charge in [-0.15, -0.1) is 0 Å². The summed E-state index contributed by atoms with van der Waals surface area (Å²) >= 11 is 5.91. The number of hydrogen-bond acceptors (Lipinski definition) is 6. The van der Waals surface area contributed by atoms with Crippen LogP contribution < -0.4 is 10.2 Å². The van der Waals surface area contributed by atoms with Gasteiger partial charge in [-0.3, -0.25) is 0 Å². The second kappa shape index (κ2) is 6.17. The molecule has 6 nitrogen and oxygen atoms in total. The summed E-state index contributed by atoms with van der Waals surface area (Å²) < 4.78 is 5.30. The Labute approximate surface area is 111 Å². The summed E-state index contributed by atoms with van der Waals surface area (Å²) in [6.45, 7) is 4.87. The van der Waals surface area contributed by atoms with Crippen LogP contribution in [-0.2, 0) is 4.74 Å². The minimum absolute atomic E-state index is 0.0362. The lowest BCUT2D eigenvalue weighted by atomic mass is 10.3. The number of morpholine rings is 1.